The monoisotopic (exact) mass is 270 g/mol. The molecule has 1 fully saturated rings. The first kappa shape index (κ1) is 13.3. The molecule has 0 heterocycles. The van der Waals surface area contributed by atoms with Crippen molar-refractivity contribution in [1.82, 2.24) is 4.72 Å². The molecule has 0 unspecified atom stereocenters. The van der Waals surface area contributed by atoms with E-state index in [2.05, 4.69) is 10.0 Å². The van der Waals surface area contributed by atoms with Gasteiger partial charge in [0.1, 0.15) is 4.90 Å². The van der Waals surface area contributed by atoms with E-state index in [1.54, 1.807) is 24.3 Å². The minimum atomic E-state index is -3.44. The third kappa shape index (κ3) is 3.44. The van der Waals surface area contributed by atoms with Crippen molar-refractivity contribution in [3.63, 3.8) is 0 Å². The van der Waals surface area contributed by atoms with Crippen LogP contribution in [0.3, 0.4) is 0 Å². The Morgan fingerprint density at radius 3 is 2.67 bits per heavy atom. The van der Waals surface area contributed by atoms with E-state index in [1.165, 1.54) is 0 Å². The SMILES string of the molecule is O=S(=O)(NC1CC1)c1ccccc1NCCCO. The lowest BCUT2D eigenvalue weighted by molar-refractivity contribution is 0.292. The van der Waals surface area contributed by atoms with Gasteiger partial charge in [-0.05, 0) is 31.4 Å². The minimum absolute atomic E-state index is 0.0856. The normalized spacial score (nSPS) is 15.6. The van der Waals surface area contributed by atoms with Crippen molar-refractivity contribution in [2.45, 2.75) is 30.2 Å². The van der Waals surface area contributed by atoms with E-state index in [1.807, 2.05) is 0 Å². The largest absolute Gasteiger partial charge is 0.396 e. The van der Waals surface area contributed by atoms with Gasteiger partial charge in [0, 0.05) is 19.2 Å². The van der Waals surface area contributed by atoms with E-state index in [9.17, 15) is 8.42 Å². The average Bonchev–Trinajstić information content (AvgIpc) is 3.13. The zero-order valence-electron chi connectivity index (χ0n) is 10.1. The molecule has 0 radical (unpaired) electrons. The van der Waals surface area contributed by atoms with Crippen molar-refractivity contribution >= 4 is 15.7 Å². The Morgan fingerprint density at radius 1 is 1.28 bits per heavy atom. The second kappa shape index (κ2) is 5.69. The van der Waals surface area contributed by atoms with Gasteiger partial charge in [-0.3, -0.25) is 0 Å². The molecule has 1 aromatic rings. The lowest BCUT2D eigenvalue weighted by atomic mass is 10.3. The molecule has 0 atom stereocenters. The number of hydrogen-bond donors (Lipinski definition) is 3. The Balaban J connectivity index is 2.15. The van der Waals surface area contributed by atoms with E-state index in [0.29, 0.717) is 18.7 Å². The number of rotatable bonds is 7. The summed E-state index contributed by atoms with van der Waals surface area (Å²) in [4.78, 5) is 0.273. The van der Waals surface area contributed by atoms with Crippen molar-refractivity contribution in [3.8, 4) is 0 Å². The van der Waals surface area contributed by atoms with Gasteiger partial charge in [-0.25, -0.2) is 13.1 Å². The molecule has 0 aromatic heterocycles. The van der Waals surface area contributed by atoms with Crippen molar-refractivity contribution in [1.29, 1.82) is 0 Å². The van der Waals surface area contributed by atoms with Gasteiger partial charge >= 0.3 is 0 Å². The molecule has 0 spiro atoms. The fourth-order valence-electron chi connectivity index (χ4n) is 1.63. The number of sulfonamides is 1. The van der Waals surface area contributed by atoms with Crippen LogP contribution < -0.4 is 10.0 Å². The van der Waals surface area contributed by atoms with Gasteiger partial charge in [-0.15, -0.1) is 0 Å². The van der Waals surface area contributed by atoms with Crippen LogP contribution in [-0.2, 0) is 10.0 Å². The first-order valence-electron chi connectivity index (χ1n) is 6.09. The molecular weight excluding hydrogens is 252 g/mol. The lowest BCUT2D eigenvalue weighted by Gasteiger charge is -2.12. The minimum Gasteiger partial charge on any atom is -0.396 e. The third-order valence-corrected chi connectivity index (χ3v) is 4.30. The number of para-hydroxylation sites is 1. The van der Waals surface area contributed by atoms with Gasteiger partial charge in [0.2, 0.25) is 10.0 Å². The van der Waals surface area contributed by atoms with Crippen molar-refractivity contribution in [2.75, 3.05) is 18.5 Å². The highest BCUT2D eigenvalue weighted by molar-refractivity contribution is 7.89. The van der Waals surface area contributed by atoms with Crippen molar-refractivity contribution in [3.05, 3.63) is 24.3 Å². The van der Waals surface area contributed by atoms with Crippen LogP contribution in [0, 0.1) is 0 Å². The topological polar surface area (TPSA) is 78.4 Å². The maximum atomic E-state index is 12.1. The standard InChI is InChI=1S/C12H18N2O3S/c15-9-3-8-13-11-4-1-2-5-12(11)18(16,17)14-10-6-7-10/h1-2,4-5,10,13-15H,3,6-9H2. The molecule has 1 saturated carbocycles. The summed E-state index contributed by atoms with van der Waals surface area (Å²) >= 11 is 0. The zero-order valence-corrected chi connectivity index (χ0v) is 10.9. The smallest absolute Gasteiger partial charge is 0.242 e. The number of nitrogens with one attached hydrogen (secondary N) is 2. The maximum absolute atomic E-state index is 12.1. The molecular formula is C12H18N2O3S. The van der Waals surface area contributed by atoms with Gasteiger partial charge in [-0.2, -0.15) is 0 Å². The molecule has 100 valence electrons. The molecule has 1 aliphatic carbocycles. The molecule has 0 aliphatic heterocycles. The average molecular weight is 270 g/mol. The molecule has 18 heavy (non-hydrogen) atoms. The van der Waals surface area contributed by atoms with Crippen LogP contribution in [0.25, 0.3) is 0 Å². The maximum Gasteiger partial charge on any atom is 0.242 e. The summed E-state index contributed by atoms with van der Waals surface area (Å²) in [6, 6.07) is 6.92. The molecule has 1 aromatic carbocycles. The predicted octanol–water partition coefficient (Wildman–Crippen LogP) is 0.922. The van der Waals surface area contributed by atoms with Crippen LogP contribution in [-0.4, -0.2) is 32.7 Å². The third-order valence-electron chi connectivity index (χ3n) is 2.73. The Bertz CT molecular complexity index is 498. The summed E-state index contributed by atoms with van der Waals surface area (Å²) in [5, 5.41) is 11.8. The summed E-state index contributed by atoms with van der Waals surface area (Å²) in [5.74, 6) is 0. The Kier molecular flexibility index (Phi) is 4.21. The molecule has 0 bridgehead atoms. The summed E-state index contributed by atoms with van der Waals surface area (Å²) in [5.41, 5.74) is 0.583. The Morgan fingerprint density at radius 2 is 2.00 bits per heavy atom. The summed E-state index contributed by atoms with van der Waals surface area (Å²) in [6.45, 7) is 0.634. The van der Waals surface area contributed by atoms with E-state index in [-0.39, 0.29) is 17.5 Å². The van der Waals surface area contributed by atoms with E-state index >= 15 is 0 Å². The molecule has 5 nitrogen and oxygen atoms in total. The fourth-order valence-corrected chi connectivity index (χ4v) is 3.12. The summed E-state index contributed by atoms with van der Waals surface area (Å²) in [7, 11) is -3.44. The van der Waals surface area contributed by atoms with Crippen LogP contribution in [0.1, 0.15) is 19.3 Å². The number of benzene rings is 1. The van der Waals surface area contributed by atoms with Gasteiger partial charge in [0.15, 0.2) is 0 Å². The number of aliphatic hydroxyl groups is 1. The zero-order chi connectivity index (χ0) is 13.0. The molecule has 6 heteroatoms. The second-order valence-electron chi connectivity index (χ2n) is 4.40. The summed E-state index contributed by atoms with van der Waals surface area (Å²) in [6.07, 6.45) is 2.42. The highest BCUT2D eigenvalue weighted by Gasteiger charge is 2.29. The fraction of sp³-hybridized carbons (Fsp3) is 0.500. The lowest BCUT2D eigenvalue weighted by Crippen LogP contribution is -2.26. The summed E-state index contributed by atoms with van der Waals surface area (Å²) < 4.78 is 26.9. The van der Waals surface area contributed by atoms with Gasteiger partial charge in [-0.1, -0.05) is 12.1 Å². The molecule has 3 N–H and O–H groups in total. The van der Waals surface area contributed by atoms with E-state index in [4.69, 9.17) is 5.11 Å². The van der Waals surface area contributed by atoms with Crippen LogP contribution >= 0.6 is 0 Å². The van der Waals surface area contributed by atoms with Crippen molar-refractivity contribution in [2.24, 2.45) is 0 Å². The van der Waals surface area contributed by atoms with Gasteiger partial charge in [0.05, 0.1) is 5.69 Å². The second-order valence-corrected chi connectivity index (χ2v) is 6.08. The molecule has 0 amide bonds. The van der Waals surface area contributed by atoms with Crippen LogP contribution in [0.5, 0.6) is 0 Å². The van der Waals surface area contributed by atoms with Crippen molar-refractivity contribution < 1.29 is 13.5 Å². The first-order valence-corrected chi connectivity index (χ1v) is 7.58. The first-order chi connectivity index (χ1) is 8.63. The van der Waals surface area contributed by atoms with Crippen LogP contribution in [0.2, 0.25) is 0 Å². The number of anilines is 1. The highest BCUT2D eigenvalue weighted by Crippen LogP contribution is 2.25. The van der Waals surface area contributed by atoms with E-state index in [0.717, 1.165) is 12.8 Å². The number of aliphatic hydroxyl groups excluding tert-OH is 1. The van der Waals surface area contributed by atoms with E-state index < -0.39 is 10.0 Å². The quantitative estimate of drug-likeness (QED) is 0.644. The molecule has 2 rings (SSSR count). The Labute approximate surface area is 107 Å². The van der Waals surface area contributed by atoms with Gasteiger partial charge < -0.3 is 10.4 Å². The molecule has 1 aliphatic rings. The predicted molar refractivity (Wildman–Crippen MR) is 70.0 cm³/mol. The van der Waals surface area contributed by atoms with Gasteiger partial charge in [0.25, 0.3) is 0 Å². The highest BCUT2D eigenvalue weighted by atomic mass is 32.2. The molecule has 0 saturated heterocycles. The van der Waals surface area contributed by atoms with Crippen LogP contribution in [0.4, 0.5) is 5.69 Å². The Hall–Kier alpha value is -1.11. The van der Waals surface area contributed by atoms with Crippen LogP contribution in [0.15, 0.2) is 29.2 Å². The number of hydrogen-bond acceptors (Lipinski definition) is 4.